The van der Waals surface area contributed by atoms with Gasteiger partial charge in [-0.2, -0.15) is 0 Å². The Labute approximate surface area is 110 Å². The van der Waals surface area contributed by atoms with Crippen LogP contribution >= 0.6 is 0 Å². The molecule has 18 heavy (non-hydrogen) atoms. The predicted molar refractivity (Wildman–Crippen MR) is 74.6 cm³/mol. The highest BCUT2D eigenvalue weighted by molar-refractivity contribution is 5.87. The maximum Gasteiger partial charge on any atom is 0.414 e. The van der Waals surface area contributed by atoms with Gasteiger partial charge in [-0.3, -0.25) is 4.90 Å². The monoisotopic (exact) mass is 248 g/mol. The van der Waals surface area contributed by atoms with E-state index in [1.54, 1.807) is 4.90 Å². The highest BCUT2D eigenvalue weighted by Gasteiger charge is 2.15. The molecule has 0 atom stereocenters. The van der Waals surface area contributed by atoms with Crippen molar-refractivity contribution in [2.45, 2.75) is 32.6 Å². The van der Waals surface area contributed by atoms with E-state index in [1.165, 1.54) is 0 Å². The quantitative estimate of drug-likeness (QED) is 0.681. The molecule has 0 unspecified atom stereocenters. The highest BCUT2D eigenvalue weighted by atomic mass is 16.6. The Morgan fingerprint density at radius 2 is 2.00 bits per heavy atom. The first-order valence-electron chi connectivity index (χ1n) is 6.58. The second kappa shape index (κ2) is 8.56. The van der Waals surface area contributed by atoms with E-state index < -0.39 is 0 Å². The molecule has 1 radical (unpaired) electrons. The zero-order valence-electron chi connectivity index (χ0n) is 11.1. The van der Waals surface area contributed by atoms with E-state index in [2.05, 4.69) is 13.8 Å². The lowest BCUT2D eigenvalue weighted by molar-refractivity contribution is 0.152. The summed E-state index contributed by atoms with van der Waals surface area (Å²) in [6.45, 7) is 7.02. The third-order valence-corrected chi connectivity index (χ3v) is 2.64. The molecule has 0 N–H and O–H groups in total. The molecule has 1 rings (SSSR count). The zero-order chi connectivity index (χ0) is 13.2. The van der Waals surface area contributed by atoms with Crippen LogP contribution in [0.5, 0.6) is 0 Å². The van der Waals surface area contributed by atoms with Gasteiger partial charge in [0.15, 0.2) is 0 Å². The molecule has 1 amide bonds. The van der Waals surface area contributed by atoms with Gasteiger partial charge in [-0.1, -0.05) is 44.9 Å². The van der Waals surface area contributed by atoms with Gasteiger partial charge in [-0.15, -0.1) is 0 Å². The van der Waals surface area contributed by atoms with E-state index in [1.807, 2.05) is 30.3 Å². The van der Waals surface area contributed by atoms with Crippen LogP contribution in [0.25, 0.3) is 0 Å². The summed E-state index contributed by atoms with van der Waals surface area (Å²) in [5.41, 5.74) is 0.882. The SMILES string of the molecule is [CH2]CCCN(C(=O)OCCCC)c1ccccc1. The van der Waals surface area contributed by atoms with Gasteiger partial charge in [0.2, 0.25) is 0 Å². The third kappa shape index (κ3) is 4.78. The van der Waals surface area contributed by atoms with Crippen LogP contribution in [0, 0.1) is 6.92 Å². The van der Waals surface area contributed by atoms with Crippen LogP contribution < -0.4 is 4.90 Å². The summed E-state index contributed by atoms with van der Waals surface area (Å²) in [6.07, 6.45) is 3.35. The van der Waals surface area contributed by atoms with Crippen molar-refractivity contribution in [3.8, 4) is 0 Å². The summed E-state index contributed by atoms with van der Waals surface area (Å²) < 4.78 is 5.26. The molecule has 1 aromatic carbocycles. The van der Waals surface area contributed by atoms with Crippen LogP contribution in [-0.2, 0) is 4.74 Å². The molecule has 0 heterocycles. The molecule has 0 spiro atoms. The molecule has 0 saturated carbocycles. The largest absolute Gasteiger partial charge is 0.449 e. The van der Waals surface area contributed by atoms with E-state index in [0.717, 1.165) is 31.4 Å². The Morgan fingerprint density at radius 3 is 2.61 bits per heavy atom. The van der Waals surface area contributed by atoms with Gasteiger partial charge in [0.25, 0.3) is 0 Å². The number of carbonyl (C=O) groups excluding carboxylic acids is 1. The van der Waals surface area contributed by atoms with Crippen molar-refractivity contribution in [1.29, 1.82) is 0 Å². The fourth-order valence-electron chi connectivity index (χ4n) is 1.59. The number of amides is 1. The molecule has 3 heteroatoms. The van der Waals surface area contributed by atoms with Gasteiger partial charge < -0.3 is 4.74 Å². The average Bonchev–Trinajstić information content (AvgIpc) is 2.41. The fraction of sp³-hybridized carbons (Fsp3) is 0.467. The topological polar surface area (TPSA) is 29.5 Å². The van der Waals surface area contributed by atoms with E-state index in [0.29, 0.717) is 13.2 Å². The van der Waals surface area contributed by atoms with Crippen molar-refractivity contribution < 1.29 is 9.53 Å². The minimum atomic E-state index is -0.261. The fourth-order valence-corrected chi connectivity index (χ4v) is 1.59. The van der Waals surface area contributed by atoms with Gasteiger partial charge >= 0.3 is 6.09 Å². The number of carbonyl (C=O) groups is 1. The lowest BCUT2D eigenvalue weighted by atomic mass is 10.2. The second-order valence-corrected chi connectivity index (χ2v) is 4.16. The highest BCUT2D eigenvalue weighted by Crippen LogP contribution is 2.15. The lowest BCUT2D eigenvalue weighted by Gasteiger charge is -2.22. The Balaban J connectivity index is 2.63. The van der Waals surface area contributed by atoms with Crippen molar-refractivity contribution >= 4 is 11.8 Å². The molecule has 0 bridgehead atoms. The predicted octanol–water partition coefficient (Wildman–Crippen LogP) is 4.04. The van der Waals surface area contributed by atoms with Gasteiger partial charge in [0, 0.05) is 12.2 Å². The first-order valence-corrected chi connectivity index (χ1v) is 6.58. The van der Waals surface area contributed by atoms with Crippen molar-refractivity contribution in [3.63, 3.8) is 0 Å². The molecule has 0 aliphatic heterocycles. The number of anilines is 1. The van der Waals surface area contributed by atoms with Crippen molar-refractivity contribution in [2.75, 3.05) is 18.1 Å². The van der Waals surface area contributed by atoms with E-state index in [4.69, 9.17) is 4.74 Å². The van der Waals surface area contributed by atoms with Gasteiger partial charge in [-0.05, 0) is 25.0 Å². The summed E-state index contributed by atoms with van der Waals surface area (Å²) in [5, 5.41) is 0. The van der Waals surface area contributed by atoms with E-state index >= 15 is 0 Å². The van der Waals surface area contributed by atoms with Crippen molar-refractivity contribution in [1.82, 2.24) is 0 Å². The van der Waals surface area contributed by atoms with Crippen LogP contribution in [0.3, 0.4) is 0 Å². The minimum absolute atomic E-state index is 0.261. The summed E-state index contributed by atoms with van der Waals surface area (Å²) >= 11 is 0. The van der Waals surface area contributed by atoms with Crippen LogP contribution in [-0.4, -0.2) is 19.2 Å². The van der Waals surface area contributed by atoms with Gasteiger partial charge in [0.05, 0.1) is 6.61 Å². The molecule has 3 nitrogen and oxygen atoms in total. The maximum absolute atomic E-state index is 12.0. The molecule has 99 valence electrons. The number of benzene rings is 1. The van der Waals surface area contributed by atoms with Crippen LogP contribution in [0.4, 0.5) is 10.5 Å². The van der Waals surface area contributed by atoms with Crippen LogP contribution in [0.2, 0.25) is 0 Å². The summed E-state index contributed by atoms with van der Waals surface area (Å²) in [5.74, 6) is 0. The Kier molecular flexibility index (Phi) is 6.92. The molecular formula is C15H22NO2. The number of nitrogens with zero attached hydrogens (tertiary/aromatic N) is 1. The van der Waals surface area contributed by atoms with Crippen LogP contribution in [0.15, 0.2) is 30.3 Å². The minimum Gasteiger partial charge on any atom is -0.449 e. The first-order chi connectivity index (χ1) is 8.79. The van der Waals surface area contributed by atoms with E-state index in [-0.39, 0.29) is 6.09 Å². The second-order valence-electron chi connectivity index (χ2n) is 4.16. The molecule has 0 fully saturated rings. The molecule has 1 aromatic rings. The normalized spacial score (nSPS) is 10.1. The number of para-hydroxylation sites is 1. The Hall–Kier alpha value is -1.51. The molecule has 0 saturated heterocycles. The zero-order valence-corrected chi connectivity index (χ0v) is 11.1. The third-order valence-electron chi connectivity index (χ3n) is 2.64. The smallest absolute Gasteiger partial charge is 0.414 e. The molecular weight excluding hydrogens is 226 g/mol. The first kappa shape index (κ1) is 14.6. The lowest BCUT2D eigenvalue weighted by Crippen LogP contribution is -2.32. The molecule has 0 aliphatic rings. The number of unbranched alkanes of at least 4 members (excludes halogenated alkanes) is 2. The van der Waals surface area contributed by atoms with E-state index in [9.17, 15) is 4.79 Å². The van der Waals surface area contributed by atoms with Gasteiger partial charge in [0.1, 0.15) is 0 Å². The summed E-state index contributed by atoms with van der Waals surface area (Å²) in [6, 6.07) is 9.62. The van der Waals surface area contributed by atoms with Crippen molar-refractivity contribution in [2.24, 2.45) is 0 Å². The number of hydrogen-bond donors (Lipinski definition) is 0. The standard InChI is InChI=1S/C15H22NO2/c1-3-5-12-16(14-10-8-7-9-11-14)15(17)18-13-6-4-2/h7-11H,1,3-6,12-13H2,2H3. The summed E-state index contributed by atoms with van der Waals surface area (Å²) in [7, 11) is 0. The van der Waals surface area contributed by atoms with Crippen molar-refractivity contribution in [3.05, 3.63) is 37.3 Å². The Bertz CT molecular complexity index is 338. The average molecular weight is 248 g/mol. The number of ether oxygens (including phenoxy) is 1. The Morgan fingerprint density at radius 1 is 1.28 bits per heavy atom. The molecule has 0 aliphatic carbocycles. The van der Waals surface area contributed by atoms with Crippen LogP contribution in [0.1, 0.15) is 32.6 Å². The number of hydrogen-bond acceptors (Lipinski definition) is 2. The molecule has 0 aromatic heterocycles. The number of rotatable bonds is 7. The summed E-state index contributed by atoms with van der Waals surface area (Å²) in [4.78, 5) is 13.7. The maximum atomic E-state index is 12.0. The van der Waals surface area contributed by atoms with Gasteiger partial charge in [-0.25, -0.2) is 4.79 Å².